The van der Waals surface area contributed by atoms with E-state index in [-0.39, 0.29) is 50.4 Å². The molecule has 2 aromatic carbocycles. The Morgan fingerprint density at radius 1 is 0.945 bits per heavy atom. The van der Waals surface area contributed by atoms with Gasteiger partial charge in [-0.25, -0.2) is 0 Å². The molecule has 3 aliphatic heterocycles. The number of carbonyl (C=O) groups excluding carboxylic acids is 4. The van der Waals surface area contributed by atoms with E-state index in [1.807, 2.05) is 30.3 Å². The number of amides is 3. The summed E-state index contributed by atoms with van der Waals surface area (Å²) in [7, 11) is 3.38. The van der Waals surface area contributed by atoms with Crippen molar-refractivity contribution in [2.24, 2.45) is 5.41 Å². The minimum Gasteiger partial charge on any atom is -0.458 e. The first-order valence-corrected chi connectivity index (χ1v) is 19.8. The third-order valence-electron chi connectivity index (χ3n) is 11.2. The molecule has 1 saturated carbocycles. The zero-order valence-electron chi connectivity index (χ0n) is 32.5. The van der Waals surface area contributed by atoms with Gasteiger partial charge in [0.25, 0.3) is 5.91 Å². The van der Waals surface area contributed by atoms with Crippen LogP contribution in [0, 0.1) is 5.41 Å². The minimum absolute atomic E-state index is 0.102. The molecule has 2 aromatic rings. The van der Waals surface area contributed by atoms with Crippen molar-refractivity contribution < 1.29 is 43.3 Å². The summed E-state index contributed by atoms with van der Waals surface area (Å²) in [6.45, 7) is 4.53. The van der Waals surface area contributed by atoms with Gasteiger partial charge in [0.1, 0.15) is 29.8 Å². The summed E-state index contributed by atoms with van der Waals surface area (Å²) >= 11 is 0. The van der Waals surface area contributed by atoms with Crippen molar-refractivity contribution in [1.82, 2.24) is 20.6 Å². The van der Waals surface area contributed by atoms with Gasteiger partial charge < -0.3 is 34.9 Å². The number of nitrogens with one attached hydrogen (secondary N) is 2. The zero-order valence-corrected chi connectivity index (χ0v) is 32.5. The summed E-state index contributed by atoms with van der Waals surface area (Å²) in [5.74, 6) is -2.27. The lowest BCUT2D eigenvalue weighted by atomic mass is 9.62. The molecule has 6 rings (SSSR count). The van der Waals surface area contributed by atoms with Crippen LogP contribution in [-0.4, -0.2) is 102 Å². The second kappa shape index (κ2) is 17.8. The number of carbonyl (C=O) groups is 4. The first-order chi connectivity index (χ1) is 26.5. The van der Waals surface area contributed by atoms with E-state index in [1.165, 1.54) is 11.0 Å². The molecule has 2 bridgehead atoms. The van der Waals surface area contributed by atoms with E-state index >= 15 is 0 Å². The molecule has 3 amide bonds. The Hall–Kier alpha value is -4.14. The van der Waals surface area contributed by atoms with E-state index in [2.05, 4.69) is 24.5 Å². The number of fused-ring (bicyclic) bond motifs is 4. The summed E-state index contributed by atoms with van der Waals surface area (Å²) in [5.41, 5.74) is 1.34. The molecule has 0 unspecified atom stereocenters. The lowest BCUT2D eigenvalue weighted by molar-refractivity contribution is -0.224. The summed E-state index contributed by atoms with van der Waals surface area (Å²) in [6, 6.07) is 13.4. The molecule has 3 saturated heterocycles. The zero-order chi connectivity index (χ0) is 39.2. The predicted octanol–water partition coefficient (Wildman–Crippen LogP) is 4.27. The van der Waals surface area contributed by atoms with Crippen LogP contribution in [-0.2, 0) is 46.5 Å². The van der Waals surface area contributed by atoms with Crippen molar-refractivity contribution in [1.29, 1.82) is 0 Å². The maximum absolute atomic E-state index is 14.8. The van der Waals surface area contributed by atoms with E-state index in [4.69, 9.17) is 24.2 Å². The van der Waals surface area contributed by atoms with Crippen molar-refractivity contribution in [2.45, 2.75) is 121 Å². The van der Waals surface area contributed by atoms with Crippen molar-refractivity contribution in [3.05, 3.63) is 76.9 Å². The number of hydrogen-bond acceptors (Lipinski definition) is 10. The van der Waals surface area contributed by atoms with E-state index in [0.717, 1.165) is 49.7 Å². The van der Waals surface area contributed by atoms with Crippen molar-refractivity contribution in [3.8, 4) is 0 Å². The Morgan fingerprint density at radius 2 is 1.65 bits per heavy atom. The standard InChI is InChI=1S/C42H56N4O9/c1-5-7-9-19-41(20-10-8-6-2)53-34-32-25-42(40(51)44-26-29-14-12-16-31(24-29)38(49)43-21-22-47)36(39(50)52-32)46(55-37(42)35(34)54-41)27-30-15-11-13-28(23-30)17-18-33(48)45(3)4/h11-18,23-24,32,34-37,47H,5-10,19-22,25-27H2,1-4H3,(H,43,49)(H,44,51)/t32-,34+,35+,36-,37-,42-/m1/s1. The molecule has 13 nitrogen and oxygen atoms in total. The SMILES string of the molecule is CCCCCC1(CCCCC)O[C@@H]2[C@H](O1)[C@H]1ON(Cc3cccc(C=CC(=O)N(C)C)c3)[C@@H]3C(=O)O[C@@H]2C[C@]13C(=O)NCc1cccc(C(=O)NCCO)c1. The maximum atomic E-state index is 14.8. The Morgan fingerprint density at radius 3 is 2.36 bits per heavy atom. The van der Waals surface area contributed by atoms with Gasteiger partial charge in [-0.1, -0.05) is 75.9 Å². The van der Waals surface area contributed by atoms with Crippen LogP contribution in [0.3, 0.4) is 0 Å². The lowest BCUT2D eigenvalue weighted by Gasteiger charge is -2.48. The van der Waals surface area contributed by atoms with Gasteiger partial charge in [-0.05, 0) is 47.7 Å². The largest absolute Gasteiger partial charge is 0.458 e. The number of hydroxylamine groups is 2. The van der Waals surface area contributed by atoms with Crippen LogP contribution in [0.2, 0.25) is 0 Å². The van der Waals surface area contributed by atoms with E-state index < -0.39 is 47.6 Å². The Balaban J connectivity index is 1.32. The van der Waals surface area contributed by atoms with Crippen LogP contribution in [0.5, 0.6) is 0 Å². The Labute approximate surface area is 323 Å². The predicted molar refractivity (Wildman–Crippen MR) is 204 cm³/mol. The molecule has 0 radical (unpaired) electrons. The van der Waals surface area contributed by atoms with Gasteiger partial charge >= 0.3 is 5.97 Å². The Bertz CT molecular complexity index is 1720. The summed E-state index contributed by atoms with van der Waals surface area (Å²) < 4.78 is 20.0. The third kappa shape index (κ3) is 8.66. The van der Waals surface area contributed by atoms with Crippen LogP contribution in [0.1, 0.15) is 98.7 Å². The van der Waals surface area contributed by atoms with Crippen LogP contribution in [0.25, 0.3) is 6.08 Å². The minimum atomic E-state index is -1.36. The monoisotopic (exact) mass is 760 g/mol. The fourth-order valence-corrected chi connectivity index (χ4v) is 8.43. The number of likely N-dealkylation sites (N-methyl/N-ethyl adjacent to an activating group) is 1. The molecule has 0 spiro atoms. The first-order valence-electron chi connectivity index (χ1n) is 19.8. The van der Waals surface area contributed by atoms with Gasteiger partial charge in [-0.2, -0.15) is 5.06 Å². The fourth-order valence-electron chi connectivity index (χ4n) is 8.43. The molecule has 3 N–H and O–H groups in total. The highest BCUT2D eigenvalue weighted by Crippen LogP contribution is 2.58. The molecule has 4 aliphatic rings. The molecular weight excluding hydrogens is 704 g/mol. The van der Waals surface area contributed by atoms with Crippen LogP contribution in [0.4, 0.5) is 0 Å². The van der Waals surface area contributed by atoms with Crippen molar-refractivity contribution in [2.75, 3.05) is 27.2 Å². The van der Waals surface area contributed by atoms with Crippen LogP contribution >= 0.6 is 0 Å². The molecule has 4 fully saturated rings. The van der Waals surface area contributed by atoms with Crippen LogP contribution < -0.4 is 10.6 Å². The molecule has 6 atom stereocenters. The average molecular weight is 761 g/mol. The summed E-state index contributed by atoms with van der Waals surface area (Å²) in [5, 5.41) is 16.5. The molecule has 55 heavy (non-hydrogen) atoms. The van der Waals surface area contributed by atoms with E-state index in [9.17, 15) is 19.2 Å². The summed E-state index contributed by atoms with van der Waals surface area (Å²) in [6.07, 6.45) is 7.97. The fraction of sp³-hybridized carbons (Fsp3) is 0.571. The van der Waals surface area contributed by atoms with Gasteiger partial charge in [0, 0.05) is 58.1 Å². The van der Waals surface area contributed by atoms with Crippen molar-refractivity contribution in [3.63, 3.8) is 0 Å². The number of rotatable bonds is 18. The second-order valence-corrected chi connectivity index (χ2v) is 15.4. The van der Waals surface area contributed by atoms with Crippen LogP contribution in [0.15, 0.2) is 54.6 Å². The lowest BCUT2D eigenvalue weighted by Crippen LogP contribution is -2.69. The van der Waals surface area contributed by atoms with Gasteiger partial charge in [-0.15, -0.1) is 0 Å². The van der Waals surface area contributed by atoms with Gasteiger partial charge in [0.2, 0.25) is 11.8 Å². The number of aliphatic hydroxyl groups is 1. The average Bonchev–Trinajstić information content (AvgIpc) is 3.73. The topological polar surface area (TPSA) is 156 Å². The molecule has 1 aliphatic carbocycles. The third-order valence-corrected chi connectivity index (χ3v) is 11.2. The number of esters is 1. The second-order valence-electron chi connectivity index (χ2n) is 15.4. The highest BCUT2D eigenvalue weighted by molar-refractivity contribution is 5.95. The van der Waals surface area contributed by atoms with E-state index in [1.54, 1.807) is 43.4 Å². The smallest absolute Gasteiger partial charge is 0.327 e. The summed E-state index contributed by atoms with van der Waals surface area (Å²) in [4.78, 5) is 62.1. The number of aliphatic hydroxyl groups excluding tert-OH is 1. The van der Waals surface area contributed by atoms with Gasteiger partial charge in [0.05, 0.1) is 13.2 Å². The highest BCUT2D eigenvalue weighted by Gasteiger charge is 2.76. The number of benzene rings is 2. The van der Waals surface area contributed by atoms with E-state index in [0.29, 0.717) is 24.0 Å². The normalized spacial score (nSPS) is 26.4. The highest BCUT2D eigenvalue weighted by atomic mass is 16.8. The number of nitrogens with zero attached hydrogens (tertiary/aromatic N) is 2. The molecular formula is C42H56N4O9. The molecule has 13 heteroatoms. The first kappa shape index (κ1) is 40.5. The number of hydrogen-bond donors (Lipinski definition) is 3. The maximum Gasteiger partial charge on any atom is 0.327 e. The van der Waals surface area contributed by atoms with Gasteiger partial charge in [-0.3, -0.25) is 24.0 Å². The quantitative estimate of drug-likeness (QED) is 0.114. The number of unbranched alkanes of at least 4 members (excludes halogenated alkanes) is 4. The Kier molecular flexibility index (Phi) is 13.1. The molecule has 0 aromatic heterocycles. The number of ether oxygens (including phenoxy) is 3. The molecule has 3 heterocycles. The van der Waals surface area contributed by atoms with Crippen molar-refractivity contribution >= 4 is 29.8 Å². The molecule has 298 valence electrons. The van der Waals surface area contributed by atoms with Gasteiger partial charge in [0.15, 0.2) is 11.8 Å².